The van der Waals surface area contributed by atoms with Gasteiger partial charge in [0, 0.05) is 48.5 Å². The second-order valence-corrected chi connectivity index (χ2v) is 10.1. The summed E-state index contributed by atoms with van der Waals surface area (Å²) in [5.41, 5.74) is 3.88. The van der Waals surface area contributed by atoms with Crippen LogP contribution in [0.3, 0.4) is 0 Å². The molecule has 1 unspecified atom stereocenters. The molecular formula is C29H33ClN4O3. The Morgan fingerprint density at radius 2 is 1.76 bits per heavy atom. The number of aliphatic carboxylic acids is 1. The van der Waals surface area contributed by atoms with Gasteiger partial charge in [-0.05, 0) is 85.7 Å². The maximum Gasteiger partial charge on any atom is 0.326 e. The van der Waals surface area contributed by atoms with E-state index < -0.39 is 17.9 Å². The van der Waals surface area contributed by atoms with Gasteiger partial charge in [0.25, 0.3) is 5.91 Å². The molecule has 1 aliphatic rings. The zero-order valence-electron chi connectivity index (χ0n) is 21.2. The number of halogens is 1. The van der Waals surface area contributed by atoms with Crippen molar-refractivity contribution in [3.8, 4) is 0 Å². The number of aromatic nitrogens is 1. The molecule has 1 aromatic heterocycles. The molecular weight excluding hydrogens is 488 g/mol. The minimum atomic E-state index is -1.07. The number of amides is 1. The van der Waals surface area contributed by atoms with Crippen LogP contribution in [0.1, 0.15) is 39.9 Å². The Labute approximate surface area is 222 Å². The van der Waals surface area contributed by atoms with Crippen LogP contribution < -0.4 is 15.5 Å². The summed E-state index contributed by atoms with van der Waals surface area (Å²) in [5, 5.41) is 16.4. The average molecular weight is 521 g/mol. The van der Waals surface area contributed by atoms with E-state index in [2.05, 4.69) is 20.5 Å². The molecule has 0 spiro atoms. The summed E-state index contributed by atoms with van der Waals surface area (Å²) in [7, 11) is 0. The number of carboxylic acids is 1. The first-order chi connectivity index (χ1) is 17.8. The van der Waals surface area contributed by atoms with Crippen LogP contribution in [0.5, 0.6) is 0 Å². The fourth-order valence-corrected chi connectivity index (χ4v) is 5.22. The number of carbonyl (C=O) groups is 2. The predicted molar refractivity (Wildman–Crippen MR) is 148 cm³/mol. The van der Waals surface area contributed by atoms with E-state index in [1.165, 1.54) is 0 Å². The van der Waals surface area contributed by atoms with Crippen LogP contribution in [0.25, 0.3) is 0 Å². The molecule has 1 atom stereocenters. The maximum absolute atomic E-state index is 12.9. The number of rotatable bonds is 9. The third-order valence-electron chi connectivity index (χ3n) is 6.92. The highest BCUT2D eigenvalue weighted by Crippen LogP contribution is 2.25. The molecule has 1 aliphatic heterocycles. The van der Waals surface area contributed by atoms with Crippen molar-refractivity contribution in [3.63, 3.8) is 0 Å². The number of anilines is 2. The first-order valence-corrected chi connectivity index (χ1v) is 13.0. The molecule has 0 aliphatic carbocycles. The molecule has 0 saturated carbocycles. The van der Waals surface area contributed by atoms with Crippen molar-refractivity contribution in [1.29, 1.82) is 0 Å². The number of piperidine rings is 1. The Morgan fingerprint density at radius 3 is 2.35 bits per heavy atom. The maximum atomic E-state index is 12.9. The standard InChI is InChI=1S/C29H33ClN4O3/c1-19-15-23(30)16-20(2)27(19)28(35)33-25(29(36)37)17-21-6-8-24(9-7-21)34-13-10-22(11-14-34)18-32-26-5-3-4-12-31-26/h3-9,12,15-16,22,25H,10-11,13-14,17-18H2,1-2H3,(H,31,32)(H,33,35)(H,36,37). The Bertz CT molecular complexity index is 1200. The number of carbonyl (C=O) groups excluding carboxylic acids is 1. The lowest BCUT2D eigenvalue weighted by atomic mass is 9.96. The van der Waals surface area contributed by atoms with Crippen LogP contribution in [-0.2, 0) is 11.2 Å². The molecule has 2 aromatic carbocycles. The molecule has 0 bridgehead atoms. The monoisotopic (exact) mass is 520 g/mol. The van der Waals surface area contributed by atoms with Crippen molar-refractivity contribution in [3.05, 3.63) is 88.1 Å². The lowest BCUT2D eigenvalue weighted by molar-refractivity contribution is -0.139. The summed E-state index contributed by atoms with van der Waals surface area (Å²) >= 11 is 6.07. The SMILES string of the molecule is Cc1cc(Cl)cc(C)c1C(=O)NC(Cc1ccc(N2CCC(CNc3ccccn3)CC2)cc1)C(=O)O. The fourth-order valence-electron chi connectivity index (χ4n) is 4.89. The van der Waals surface area contributed by atoms with Crippen LogP contribution in [0.15, 0.2) is 60.8 Å². The molecule has 37 heavy (non-hydrogen) atoms. The van der Waals surface area contributed by atoms with Gasteiger partial charge in [-0.3, -0.25) is 4.79 Å². The van der Waals surface area contributed by atoms with Crippen molar-refractivity contribution in [1.82, 2.24) is 10.3 Å². The predicted octanol–water partition coefficient (Wildman–Crippen LogP) is 5.11. The summed E-state index contributed by atoms with van der Waals surface area (Å²) < 4.78 is 0. The van der Waals surface area contributed by atoms with E-state index in [0.717, 1.165) is 49.5 Å². The summed E-state index contributed by atoms with van der Waals surface area (Å²) in [6, 6.07) is 16.2. The summed E-state index contributed by atoms with van der Waals surface area (Å²) in [6.45, 7) is 6.45. The van der Waals surface area contributed by atoms with Crippen LogP contribution in [0.2, 0.25) is 5.02 Å². The van der Waals surface area contributed by atoms with Gasteiger partial charge in [0.2, 0.25) is 0 Å². The number of aryl methyl sites for hydroxylation is 2. The van der Waals surface area contributed by atoms with E-state index in [0.29, 0.717) is 27.6 Å². The summed E-state index contributed by atoms with van der Waals surface area (Å²) in [6.07, 6.45) is 4.19. The van der Waals surface area contributed by atoms with Gasteiger partial charge in [0.1, 0.15) is 11.9 Å². The van der Waals surface area contributed by atoms with E-state index in [1.807, 2.05) is 42.5 Å². The topological polar surface area (TPSA) is 94.6 Å². The number of pyridine rings is 1. The number of carboxylic acid groups (broad SMARTS) is 1. The quantitative estimate of drug-likeness (QED) is 0.363. The number of nitrogens with one attached hydrogen (secondary N) is 2. The normalized spacial score (nSPS) is 14.7. The van der Waals surface area contributed by atoms with Gasteiger partial charge in [-0.1, -0.05) is 29.8 Å². The third kappa shape index (κ3) is 7.01. The summed E-state index contributed by atoms with van der Waals surface area (Å²) in [5.74, 6) is 0.0411. The zero-order chi connectivity index (χ0) is 26.4. The molecule has 8 heteroatoms. The zero-order valence-corrected chi connectivity index (χ0v) is 22.0. The van der Waals surface area contributed by atoms with Gasteiger partial charge < -0.3 is 20.6 Å². The molecule has 1 amide bonds. The van der Waals surface area contributed by atoms with Gasteiger partial charge in [-0.15, -0.1) is 0 Å². The van der Waals surface area contributed by atoms with Crippen molar-refractivity contribution in [2.24, 2.45) is 5.92 Å². The van der Waals surface area contributed by atoms with Gasteiger partial charge in [-0.25, -0.2) is 9.78 Å². The van der Waals surface area contributed by atoms with Crippen molar-refractivity contribution >= 4 is 35.0 Å². The van der Waals surface area contributed by atoms with E-state index in [-0.39, 0.29) is 6.42 Å². The van der Waals surface area contributed by atoms with Gasteiger partial charge in [0.15, 0.2) is 0 Å². The number of nitrogens with zero attached hydrogens (tertiary/aromatic N) is 2. The number of hydrogen-bond acceptors (Lipinski definition) is 5. The number of hydrogen-bond donors (Lipinski definition) is 3. The third-order valence-corrected chi connectivity index (χ3v) is 7.14. The van der Waals surface area contributed by atoms with Gasteiger partial charge in [-0.2, -0.15) is 0 Å². The van der Waals surface area contributed by atoms with Crippen LogP contribution >= 0.6 is 11.6 Å². The minimum Gasteiger partial charge on any atom is -0.480 e. The molecule has 1 saturated heterocycles. The Morgan fingerprint density at radius 1 is 1.08 bits per heavy atom. The molecule has 194 valence electrons. The molecule has 3 N–H and O–H groups in total. The Hall–Kier alpha value is -3.58. The highest BCUT2D eigenvalue weighted by atomic mass is 35.5. The first-order valence-electron chi connectivity index (χ1n) is 12.6. The van der Waals surface area contributed by atoms with Crippen molar-refractivity contribution in [2.75, 3.05) is 29.9 Å². The van der Waals surface area contributed by atoms with Crippen LogP contribution in [-0.4, -0.2) is 47.6 Å². The second kappa shape index (κ2) is 12.1. The van der Waals surface area contributed by atoms with Gasteiger partial charge >= 0.3 is 5.97 Å². The smallest absolute Gasteiger partial charge is 0.326 e. The van der Waals surface area contributed by atoms with Crippen molar-refractivity contribution < 1.29 is 14.7 Å². The highest BCUT2D eigenvalue weighted by Gasteiger charge is 2.24. The van der Waals surface area contributed by atoms with E-state index >= 15 is 0 Å². The van der Waals surface area contributed by atoms with Crippen molar-refractivity contribution in [2.45, 2.75) is 39.2 Å². The molecule has 1 fully saturated rings. The Kier molecular flexibility index (Phi) is 8.66. The molecule has 0 radical (unpaired) electrons. The minimum absolute atomic E-state index is 0.203. The Balaban J connectivity index is 1.31. The fraction of sp³-hybridized carbons (Fsp3) is 0.345. The van der Waals surface area contributed by atoms with E-state index in [1.54, 1.807) is 32.2 Å². The van der Waals surface area contributed by atoms with Crippen LogP contribution in [0, 0.1) is 19.8 Å². The molecule has 2 heterocycles. The lowest BCUT2D eigenvalue weighted by Crippen LogP contribution is -2.42. The van der Waals surface area contributed by atoms with E-state index in [4.69, 9.17) is 11.6 Å². The average Bonchev–Trinajstić information content (AvgIpc) is 2.88. The summed E-state index contributed by atoms with van der Waals surface area (Å²) in [4.78, 5) is 31.5. The highest BCUT2D eigenvalue weighted by molar-refractivity contribution is 6.30. The molecule has 7 nitrogen and oxygen atoms in total. The van der Waals surface area contributed by atoms with E-state index in [9.17, 15) is 14.7 Å². The lowest BCUT2D eigenvalue weighted by Gasteiger charge is -2.34. The van der Waals surface area contributed by atoms with Crippen LogP contribution in [0.4, 0.5) is 11.5 Å². The first kappa shape index (κ1) is 26.5. The second-order valence-electron chi connectivity index (χ2n) is 9.68. The molecule has 3 aromatic rings. The largest absolute Gasteiger partial charge is 0.480 e. The number of benzene rings is 2. The van der Waals surface area contributed by atoms with Gasteiger partial charge in [0.05, 0.1) is 0 Å². The molecule has 4 rings (SSSR count).